The van der Waals surface area contributed by atoms with Crippen molar-refractivity contribution in [1.29, 1.82) is 0 Å². The highest BCUT2D eigenvalue weighted by Gasteiger charge is 2.12. The third-order valence-corrected chi connectivity index (χ3v) is 2.58. The lowest BCUT2D eigenvalue weighted by molar-refractivity contribution is -0.121. The van der Waals surface area contributed by atoms with Gasteiger partial charge >= 0.3 is 0 Å². The summed E-state index contributed by atoms with van der Waals surface area (Å²) in [4.78, 5) is 11.7. The van der Waals surface area contributed by atoms with E-state index in [-0.39, 0.29) is 11.9 Å². The van der Waals surface area contributed by atoms with Crippen molar-refractivity contribution in [3.05, 3.63) is 42.5 Å². The molecule has 0 aliphatic rings. The normalized spacial score (nSPS) is 11.6. The molecular weight excluding hydrogens is 212 g/mol. The second-order valence-corrected chi connectivity index (χ2v) is 3.91. The topological polar surface area (TPSA) is 41.1 Å². The summed E-state index contributed by atoms with van der Waals surface area (Å²) in [5, 5.41) is 5.99. The van der Waals surface area contributed by atoms with Gasteiger partial charge in [-0.1, -0.05) is 31.2 Å². The van der Waals surface area contributed by atoms with Gasteiger partial charge in [-0.05, 0) is 25.0 Å². The Morgan fingerprint density at radius 1 is 1.47 bits per heavy atom. The fourth-order valence-corrected chi connectivity index (χ4v) is 1.59. The Kier molecular flexibility index (Phi) is 5.27. The Hall–Kier alpha value is -1.77. The number of nitrogens with one attached hydrogen (secondary N) is 2. The van der Waals surface area contributed by atoms with Crippen LogP contribution in [-0.2, 0) is 11.2 Å². The Morgan fingerprint density at radius 2 is 2.18 bits per heavy atom. The molecule has 1 amide bonds. The Balaban J connectivity index is 2.63. The molecule has 0 radical (unpaired) electrons. The van der Waals surface area contributed by atoms with Crippen LogP contribution in [0.25, 0.3) is 0 Å². The van der Waals surface area contributed by atoms with Gasteiger partial charge in [-0.3, -0.25) is 4.79 Å². The van der Waals surface area contributed by atoms with Crippen molar-refractivity contribution in [2.75, 3.05) is 11.9 Å². The summed E-state index contributed by atoms with van der Waals surface area (Å²) in [5.74, 6) is -0.0178. The number of anilines is 1. The minimum Gasteiger partial charge on any atom is -0.374 e. The molecule has 0 heterocycles. The van der Waals surface area contributed by atoms with Gasteiger partial charge in [0.15, 0.2) is 0 Å². The van der Waals surface area contributed by atoms with E-state index in [0.29, 0.717) is 6.54 Å². The van der Waals surface area contributed by atoms with E-state index in [1.807, 2.05) is 25.1 Å². The van der Waals surface area contributed by atoms with Gasteiger partial charge in [0, 0.05) is 12.2 Å². The average Bonchev–Trinajstić information content (AvgIpc) is 2.36. The van der Waals surface area contributed by atoms with Crippen molar-refractivity contribution in [3.8, 4) is 0 Å². The third-order valence-electron chi connectivity index (χ3n) is 2.58. The molecule has 0 saturated heterocycles. The van der Waals surface area contributed by atoms with Crippen LogP contribution in [-0.4, -0.2) is 18.5 Å². The molecule has 17 heavy (non-hydrogen) atoms. The Bertz CT molecular complexity index is 388. The number of hydrogen-bond acceptors (Lipinski definition) is 2. The summed E-state index contributed by atoms with van der Waals surface area (Å²) in [7, 11) is 0. The highest BCUT2D eigenvalue weighted by Crippen LogP contribution is 2.16. The third kappa shape index (κ3) is 3.94. The quantitative estimate of drug-likeness (QED) is 0.739. The van der Waals surface area contributed by atoms with E-state index in [1.165, 1.54) is 5.56 Å². The first-order valence-electron chi connectivity index (χ1n) is 5.92. The molecule has 1 rings (SSSR count). The maximum atomic E-state index is 11.7. The molecule has 0 fully saturated rings. The van der Waals surface area contributed by atoms with Crippen molar-refractivity contribution < 1.29 is 4.79 Å². The number of benzene rings is 1. The van der Waals surface area contributed by atoms with Crippen LogP contribution in [0.15, 0.2) is 36.9 Å². The van der Waals surface area contributed by atoms with Gasteiger partial charge in [-0.2, -0.15) is 0 Å². The van der Waals surface area contributed by atoms with E-state index < -0.39 is 0 Å². The lowest BCUT2D eigenvalue weighted by Gasteiger charge is -2.17. The largest absolute Gasteiger partial charge is 0.374 e. The Morgan fingerprint density at radius 3 is 2.82 bits per heavy atom. The van der Waals surface area contributed by atoms with Crippen LogP contribution in [0.5, 0.6) is 0 Å². The molecule has 3 nitrogen and oxygen atoms in total. The van der Waals surface area contributed by atoms with Gasteiger partial charge in [0.2, 0.25) is 5.91 Å². The average molecular weight is 232 g/mol. The van der Waals surface area contributed by atoms with Crippen molar-refractivity contribution in [2.24, 2.45) is 0 Å². The number of para-hydroxylation sites is 1. The van der Waals surface area contributed by atoms with Gasteiger partial charge in [0.25, 0.3) is 0 Å². The second-order valence-electron chi connectivity index (χ2n) is 3.91. The molecule has 0 saturated carbocycles. The first kappa shape index (κ1) is 13.3. The van der Waals surface area contributed by atoms with Crippen molar-refractivity contribution in [3.63, 3.8) is 0 Å². The summed E-state index contributed by atoms with van der Waals surface area (Å²) >= 11 is 0. The van der Waals surface area contributed by atoms with Gasteiger partial charge in [0.05, 0.1) is 0 Å². The molecule has 0 spiro atoms. The van der Waals surface area contributed by atoms with E-state index in [4.69, 9.17) is 0 Å². The van der Waals surface area contributed by atoms with Crippen LogP contribution in [0.2, 0.25) is 0 Å². The summed E-state index contributed by atoms with van der Waals surface area (Å²) in [6, 6.07) is 7.79. The maximum absolute atomic E-state index is 11.7. The van der Waals surface area contributed by atoms with Gasteiger partial charge < -0.3 is 10.6 Å². The van der Waals surface area contributed by atoms with Crippen LogP contribution >= 0.6 is 0 Å². The molecule has 0 bridgehead atoms. The van der Waals surface area contributed by atoms with Crippen LogP contribution in [0.4, 0.5) is 5.69 Å². The van der Waals surface area contributed by atoms with Crippen molar-refractivity contribution >= 4 is 11.6 Å². The molecule has 3 heteroatoms. The zero-order chi connectivity index (χ0) is 12.7. The molecule has 1 aromatic rings. The lowest BCUT2D eigenvalue weighted by Crippen LogP contribution is -2.37. The smallest absolute Gasteiger partial charge is 0.242 e. The molecule has 1 unspecified atom stereocenters. The maximum Gasteiger partial charge on any atom is 0.242 e. The van der Waals surface area contributed by atoms with Crippen LogP contribution in [0.3, 0.4) is 0 Å². The fourth-order valence-electron chi connectivity index (χ4n) is 1.59. The summed E-state index contributed by atoms with van der Waals surface area (Å²) in [6.07, 6.45) is 2.62. The number of amides is 1. The molecular formula is C14H20N2O. The standard InChI is InChI=1S/C14H20N2O/c1-4-10-15-14(17)11(3)16-13-9-7-6-8-12(13)5-2/h4,6-9,11,16H,1,5,10H2,2-3H3,(H,15,17). The zero-order valence-corrected chi connectivity index (χ0v) is 10.5. The fraction of sp³-hybridized carbons (Fsp3) is 0.357. The predicted molar refractivity (Wildman–Crippen MR) is 72.1 cm³/mol. The Labute approximate surface area is 103 Å². The number of carbonyl (C=O) groups excluding carboxylic acids is 1. The van der Waals surface area contributed by atoms with E-state index in [1.54, 1.807) is 6.08 Å². The molecule has 2 N–H and O–H groups in total. The number of hydrogen-bond donors (Lipinski definition) is 2. The molecule has 1 aromatic carbocycles. The van der Waals surface area contributed by atoms with Crippen LogP contribution in [0, 0.1) is 0 Å². The molecule has 0 aliphatic heterocycles. The number of aryl methyl sites for hydroxylation is 1. The predicted octanol–water partition coefficient (Wildman–Crippen LogP) is 2.35. The minimum absolute atomic E-state index is 0.0178. The van der Waals surface area contributed by atoms with Crippen molar-refractivity contribution in [1.82, 2.24) is 5.32 Å². The lowest BCUT2D eigenvalue weighted by atomic mass is 10.1. The van der Waals surface area contributed by atoms with E-state index in [0.717, 1.165) is 12.1 Å². The molecule has 1 atom stereocenters. The van der Waals surface area contributed by atoms with Gasteiger partial charge in [-0.25, -0.2) is 0 Å². The summed E-state index contributed by atoms with van der Waals surface area (Å²) < 4.78 is 0. The molecule has 0 aromatic heterocycles. The van der Waals surface area contributed by atoms with Crippen LogP contribution in [0.1, 0.15) is 19.4 Å². The second kappa shape index (κ2) is 6.74. The number of rotatable bonds is 6. The van der Waals surface area contributed by atoms with Gasteiger partial charge in [0.1, 0.15) is 6.04 Å². The zero-order valence-electron chi connectivity index (χ0n) is 10.5. The molecule has 92 valence electrons. The monoisotopic (exact) mass is 232 g/mol. The first-order chi connectivity index (χ1) is 8.19. The highest BCUT2D eigenvalue weighted by atomic mass is 16.2. The summed E-state index contributed by atoms with van der Waals surface area (Å²) in [6.45, 7) is 8.02. The van der Waals surface area contributed by atoms with E-state index in [9.17, 15) is 4.79 Å². The highest BCUT2D eigenvalue weighted by molar-refractivity contribution is 5.84. The van der Waals surface area contributed by atoms with Crippen LogP contribution < -0.4 is 10.6 Å². The number of carbonyl (C=O) groups is 1. The first-order valence-corrected chi connectivity index (χ1v) is 5.92. The minimum atomic E-state index is -0.248. The molecule has 0 aliphatic carbocycles. The van der Waals surface area contributed by atoms with E-state index >= 15 is 0 Å². The summed E-state index contributed by atoms with van der Waals surface area (Å²) in [5.41, 5.74) is 2.24. The van der Waals surface area contributed by atoms with E-state index in [2.05, 4.69) is 30.2 Å². The van der Waals surface area contributed by atoms with Crippen molar-refractivity contribution in [2.45, 2.75) is 26.3 Å². The SMILES string of the molecule is C=CCNC(=O)C(C)Nc1ccccc1CC. The van der Waals surface area contributed by atoms with Gasteiger partial charge in [-0.15, -0.1) is 6.58 Å².